The Morgan fingerprint density at radius 2 is 1.76 bits per heavy atom. The van der Waals surface area contributed by atoms with Crippen molar-refractivity contribution in [2.45, 2.75) is 36.9 Å². The number of methoxy groups -OCH3 is 1. The van der Waals surface area contributed by atoms with Gasteiger partial charge in [-0.25, -0.2) is 13.1 Å². The molecule has 3 N–H and O–H groups in total. The zero-order valence-electron chi connectivity index (χ0n) is 17.6. The maximum Gasteiger partial charge on any atom is 0.387 e. The molecule has 0 heterocycles. The second-order valence-corrected chi connectivity index (χ2v) is 8.96. The third kappa shape index (κ3) is 7.12. The predicted molar refractivity (Wildman–Crippen MR) is 114 cm³/mol. The van der Waals surface area contributed by atoms with Crippen LogP contribution in [0.15, 0.2) is 47.4 Å². The zero-order chi connectivity index (χ0) is 24.0. The molecule has 1 aliphatic carbocycles. The molecular weight excluding hydrogens is 460 g/mol. The van der Waals surface area contributed by atoms with Crippen molar-refractivity contribution in [3.63, 3.8) is 0 Å². The van der Waals surface area contributed by atoms with E-state index in [2.05, 4.69) is 20.1 Å². The third-order valence-electron chi connectivity index (χ3n) is 4.67. The number of halogens is 2. The van der Waals surface area contributed by atoms with Crippen LogP contribution < -0.4 is 24.8 Å². The van der Waals surface area contributed by atoms with Gasteiger partial charge in [0.2, 0.25) is 15.9 Å². The lowest BCUT2D eigenvalue weighted by molar-refractivity contribution is -0.120. The summed E-state index contributed by atoms with van der Waals surface area (Å²) >= 11 is 0. The van der Waals surface area contributed by atoms with Crippen molar-refractivity contribution in [2.24, 2.45) is 0 Å². The Morgan fingerprint density at radius 3 is 2.36 bits per heavy atom. The number of carbonyl (C=O) groups excluding carboxylic acids is 2. The van der Waals surface area contributed by atoms with Gasteiger partial charge in [-0.05, 0) is 48.7 Å². The number of alkyl halides is 2. The lowest BCUT2D eigenvalue weighted by Gasteiger charge is -2.12. The second kappa shape index (κ2) is 10.6. The molecule has 0 atom stereocenters. The maximum absolute atomic E-state index is 12.4. The lowest BCUT2D eigenvalue weighted by atomic mass is 10.2. The highest BCUT2D eigenvalue weighted by atomic mass is 32.2. The third-order valence-corrected chi connectivity index (χ3v) is 6.21. The molecule has 1 saturated carbocycles. The van der Waals surface area contributed by atoms with Crippen molar-refractivity contribution in [2.75, 3.05) is 13.7 Å². The number of rotatable bonds is 11. The Morgan fingerprint density at radius 1 is 1.06 bits per heavy atom. The number of nitrogens with one attached hydrogen (secondary N) is 3. The monoisotopic (exact) mass is 483 g/mol. The summed E-state index contributed by atoms with van der Waals surface area (Å²) in [6.45, 7) is -3.23. The van der Waals surface area contributed by atoms with Crippen LogP contribution in [-0.2, 0) is 21.4 Å². The molecule has 2 aromatic rings. The van der Waals surface area contributed by atoms with E-state index in [1.165, 1.54) is 37.4 Å². The first-order valence-electron chi connectivity index (χ1n) is 9.97. The largest absolute Gasteiger partial charge is 0.493 e. The van der Waals surface area contributed by atoms with Crippen molar-refractivity contribution in [3.05, 3.63) is 53.6 Å². The Kier molecular flexibility index (Phi) is 7.82. The summed E-state index contributed by atoms with van der Waals surface area (Å²) in [6, 6.07) is 9.77. The number of ether oxygens (including phenoxy) is 2. The summed E-state index contributed by atoms with van der Waals surface area (Å²) in [5.74, 6) is -1.35. The molecule has 178 valence electrons. The van der Waals surface area contributed by atoms with E-state index in [1.807, 2.05) is 0 Å². The van der Waals surface area contributed by atoms with Crippen LogP contribution in [0.1, 0.15) is 28.8 Å². The average Bonchev–Trinajstić information content (AvgIpc) is 3.59. The van der Waals surface area contributed by atoms with Crippen LogP contribution in [-0.4, -0.2) is 46.5 Å². The van der Waals surface area contributed by atoms with Gasteiger partial charge in [-0.3, -0.25) is 9.59 Å². The molecule has 1 fully saturated rings. The SMILES string of the molecule is COc1cc(C(=O)NCC(=O)NCc2ccc(S(=O)(=O)NC3CC3)cc2)ccc1OC(F)F. The second-order valence-electron chi connectivity index (χ2n) is 7.24. The number of sulfonamides is 1. The van der Waals surface area contributed by atoms with E-state index in [9.17, 15) is 26.8 Å². The highest BCUT2D eigenvalue weighted by Crippen LogP contribution is 2.29. The molecule has 2 aromatic carbocycles. The fraction of sp³-hybridized carbons (Fsp3) is 0.333. The summed E-state index contributed by atoms with van der Waals surface area (Å²) in [5, 5.41) is 5.03. The van der Waals surface area contributed by atoms with Crippen LogP contribution in [0.2, 0.25) is 0 Å². The number of amides is 2. The van der Waals surface area contributed by atoms with Gasteiger partial charge in [-0.2, -0.15) is 8.78 Å². The molecule has 0 saturated heterocycles. The van der Waals surface area contributed by atoms with Crippen LogP contribution >= 0.6 is 0 Å². The van der Waals surface area contributed by atoms with Gasteiger partial charge < -0.3 is 20.1 Å². The standard InChI is InChI=1S/C21H23F2N3O6S/c1-31-18-10-14(4-9-17(18)32-21(22)23)20(28)25-12-19(27)24-11-13-2-7-16(8-3-13)33(29,30)26-15-5-6-15/h2-4,7-10,15,21,26H,5-6,11-12H2,1H3,(H,24,27)(H,25,28). The van der Waals surface area contributed by atoms with E-state index >= 15 is 0 Å². The van der Waals surface area contributed by atoms with Gasteiger partial charge in [0.05, 0.1) is 18.6 Å². The molecule has 0 bridgehead atoms. The number of hydrogen-bond acceptors (Lipinski definition) is 6. The summed E-state index contributed by atoms with van der Waals surface area (Å²) < 4.78 is 60.9. The number of hydrogen-bond donors (Lipinski definition) is 3. The van der Waals surface area contributed by atoms with E-state index in [4.69, 9.17) is 4.74 Å². The quantitative estimate of drug-likeness (QED) is 0.448. The fourth-order valence-corrected chi connectivity index (χ4v) is 4.11. The Hall–Kier alpha value is -3.25. The van der Waals surface area contributed by atoms with E-state index in [-0.39, 0.29) is 41.1 Å². The highest BCUT2D eigenvalue weighted by molar-refractivity contribution is 7.89. The first-order valence-corrected chi connectivity index (χ1v) is 11.5. The molecule has 0 aliphatic heterocycles. The minimum absolute atomic E-state index is 0.00849. The molecule has 2 amide bonds. The normalized spacial score (nSPS) is 13.5. The number of carbonyl (C=O) groups is 2. The van der Waals surface area contributed by atoms with Gasteiger partial charge in [0.25, 0.3) is 5.91 Å². The smallest absolute Gasteiger partial charge is 0.387 e. The van der Waals surface area contributed by atoms with Crippen molar-refractivity contribution < 1.29 is 36.3 Å². The molecule has 0 spiro atoms. The first kappa shape index (κ1) is 24.4. The maximum atomic E-state index is 12.4. The van der Waals surface area contributed by atoms with Crippen molar-refractivity contribution in [1.82, 2.24) is 15.4 Å². The van der Waals surface area contributed by atoms with E-state index in [1.54, 1.807) is 12.1 Å². The van der Waals surface area contributed by atoms with E-state index in [0.717, 1.165) is 12.8 Å². The Labute approximate surface area is 189 Å². The molecule has 0 aromatic heterocycles. The van der Waals surface area contributed by atoms with Crippen molar-refractivity contribution >= 4 is 21.8 Å². The molecule has 9 nitrogen and oxygen atoms in total. The van der Waals surface area contributed by atoms with Gasteiger partial charge >= 0.3 is 6.61 Å². The van der Waals surface area contributed by atoms with Crippen molar-refractivity contribution in [1.29, 1.82) is 0 Å². The molecule has 0 radical (unpaired) electrons. The van der Waals surface area contributed by atoms with Gasteiger partial charge in [0.15, 0.2) is 11.5 Å². The average molecular weight is 483 g/mol. The fourth-order valence-electron chi connectivity index (χ4n) is 2.80. The molecule has 12 heteroatoms. The minimum atomic E-state index is -3.54. The van der Waals surface area contributed by atoms with E-state index in [0.29, 0.717) is 5.56 Å². The van der Waals surface area contributed by atoms with Gasteiger partial charge in [-0.1, -0.05) is 12.1 Å². The predicted octanol–water partition coefficient (Wildman–Crippen LogP) is 1.78. The molecule has 0 unspecified atom stereocenters. The zero-order valence-corrected chi connectivity index (χ0v) is 18.5. The summed E-state index contributed by atoms with van der Waals surface area (Å²) in [7, 11) is -2.30. The molecule has 1 aliphatic rings. The number of benzene rings is 2. The Bertz CT molecular complexity index is 1110. The minimum Gasteiger partial charge on any atom is -0.493 e. The van der Waals surface area contributed by atoms with Crippen LogP contribution in [0.4, 0.5) is 8.78 Å². The van der Waals surface area contributed by atoms with Crippen LogP contribution in [0.3, 0.4) is 0 Å². The molecule has 3 rings (SSSR count). The van der Waals surface area contributed by atoms with E-state index < -0.39 is 28.4 Å². The van der Waals surface area contributed by atoms with Gasteiger partial charge in [0.1, 0.15) is 0 Å². The first-order chi connectivity index (χ1) is 15.7. The topological polar surface area (TPSA) is 123 Å². The summed E-state index contributed by atoms with van der Waals surface area (Å²) in [4.78, 5) is 24.4. The molecule has 33 heavy (non-hydrogen) atoms. The highest BCUT2D eigenvalue weighted by Gasteiger charge is 2.27. The summed E-state index contributed by atoms with van der Waals surface area (Å²) in [6.07, 6.45) is 1.68. The van der Waals surface area contributed by atoms with Crippen molar-refractivity contribution in [3.8, 4) is 11.5 Å². The van der Waals surface area contributed by atoms with Gasteiger partial charge in [0, 0.05) is 18.2 Å². The van der Waals surface area contributed by atoms with Gasteiger partial charge in [-0.15, -0.1) is 0 Å². The molecular formula is C21H23F2N3O6S. The Balaban J connectivity index is 1.47. The van der Waals surface area contributed by atoms with Crippen LogP contribution in [0.25, 0.3) is 0 Å². The summed E-state index contributed by atoms with van der Waals surface area (Å²) in [5.41, 5.74) is 0.775. The van der Waals surface area contributed by atoms with Crippen LogP contribution in [0, 0.1) is 0 Å². The van der Waals surface area contributed by atoms with Crippen LogP contribution in [0.5, 0.6) is 11.5 Å². The lowest BCUT2D eigenvalue weighted by Crippen LogP contribution is -2.36.